The van der Waals surface area contributed by atoms with Gasteiger partial charge in [0.1, 0.15) is 5.82 Å². The Hall–Kier alpha value is -3.36. The molecule has 1 saturated carbocycles. The topological polar surface area (TPSA) is 119 Å². The van der Waals surface area contributed by atoms with Crippen molar-refractivity contribution in [2.75, 3.05) is 13.7 Å². The summed E-state index contributed by atoms with van der Waals surface area (Å²) in [5.41, 5.74) is 1.90. The first-order chi connectivity index (χ1) is 13.2. The van der Waals surface area contributed by atoms with Gasteiger partial charge in [0.15, 0.2) is 11.5 Å². The molecule has 1 aliphatic rings. The van der Waals surface area contributed by atoms with Crippen LogP contribution in [0.5, 0.6) is 5.88 Å². The zero-order chi connectivity index (χ0) is 18.6. The third-order valence-electron chi connectivity index (χ3n) is 4.26. The van der Waals surface area contributed by atoms with Crippen molar-refractivity contribution in [3.8, 4) is 17.3 Å². The summed E-state index contributed by atoms with van der Waals surface area (Å²) in [5, 5.41) is 9.89. The average molecular weight is 365 g/mol. The van der Waals surface area contributed by atoms with E-state index < -0.39 is 0 Å². The van der Waals surface area contributed by atoms with Gasteiger partial charge in [0.05, 0.1) is 19.0 Å². The molecule has 0 aromatic carbocycles. The molecule has 3 aromatic heterocycles. The van der Waals surface area contributed by atoms with E-state index in [2.05, 4.69) is 35.5 Å². The normalized spacial score (nSPS) is 13.4. The lowest BCUT2D eigenvalue weighted by Gasteiger charge is -2.08. The van der Waals surface area contributed by atoms with E-state index in [1.54, 1.807) is 18.6 Å². The van der Waals surface area contributed by atoms with Crippen molar-refractivity contribution in [3.63, 3.8) is 0 Å². The third-order valence-corrected chi connectivity index (χ3v) is 4.26. The van der Waals surface area contributed by atoms with Crippen LogP contribution < -0.4 is 10.1 Å². The van der Waals surface area contributed by atoms with Crippen LogP contribution in [0.2, 0.25) is 0 Å². The lowest BCUT2D eigenvalue weighted by Crippen LogP contribution is -2.28. The molecule has 2 N–H and O–H groups in total. The van der Waals surface area contributed by atoms with Crippen LogP contribution in [-0.2, 0) is 6.42 Å². The zero-order valence-electron chi connectivity index (χ0n) is 14.8. The van der Waals surface area contributed by atoms with Crippen LogP contribution in [0.15, 0.2) is 30.7 Å². The van der Waals surface area contributed by atoms with Gasteiger partial charge in [0, 0.05) is 36.8 Å². The minimum absolute atomic E-state index is 0.218. The molecule has 27 heavy (non-hydrogen) atoms. The number of carbonyl (C=O) groups is 1. The van der Waals surface area contributed by atoms with Crippen LogP contribution in [0.4, 0.5) is 0 Å². The third kappa shape index (κ3) is 3.91. The fraction of sp³-hybridized carbons (Fsp3) is 0.333. The summed E-state index contributed by atoms with van der Waals surface area (Å²) in [6, 6.07) is 3.72. The Morgan fingerprint density at radius 3 is 2.96 bits per heavy atom. The van der Waals surface area contributed by atoms with Crippen molar-refractivity contribution in [1.82, 2.24) is 35.5 Å². The van der Waals surface area contributed by atoms with E-state index in [0.29, 0.717) is 30.5 Å². The van der Waals surface area contributed by atoms with Gasteiger partial charge in [-0.3, -0.25) is 14.9 Å². The van der Waals surface area contributed by atoms with E-state index >= 15 is 0 Å². The van der Waals surface area contributed by atoms with Gasteiger partial charge in [0.2, 0.25) is 5.88 Å². The number of aromatic nitrogens is 6. The molecule has 0 radical (unpaired) electrons. The second-order valence-corrected chi connectivity index (χ2v) is 6.28. The van der Waals surface area contributed by atoms with E-state index in [1.807, 2.05) is 12.1 Å². The van der Waals surface area contributed by atoms with Gasteiger partial charge in [-0.15, -0.1) is 0 Å². The first-order valence-electron chi connectivity index (χ1n) is 8.75. The number of aromatic amines is 1. The maximum absolute atomic E-state index is 12.5. The molecule has 4 rings (SSSR count). The smallest absolute Gasteiger partial charge is 0.275 e. The minimum atomic E-state index is -0.311. The van der Waals surface area contributed by atoms with Gasteiger partial charge in [-0.2, -0.15) is 5.10 Å². The second-order valence-electron chi connectivity index (χ2n) is 6.28. The molecule has 0 bridgehead atoms. The first-order valence-corrected chi connectivity index (χ1v) is 8.75. The summed E-state index contributed by atoms with van der Waals surface area (Å²) < 4.78 is 5.17. The van der Waals surface area contributed by atoms with Crippen molar-refractivity contribution in [1.29, 1.82) is 0 Å². The predicted octanol–water partition coefficient (Wildman–Crippen LogP) is 1.52. The standard InChI is InChI=1S/C18H19N7O2/c1-27-18-15(22-13(10-21-18)11-4-5-11)17(26)20-8-6-14-23-16(25-24-14)12-3-2-7-19-9-12/h2-3,7,9-11H,4-6,8H2,1H3,(H,20,26)(H,23,24,25). The highest BCUT2D eigenvalue weighted by Crippen LogP contribution is 2.39. The number of pyridine rings is 1. The molecule has 138 valence electrons. The Balaban J connectivity index is 1.37. The Morgan fingerprint density at radius 1 is 1.33 bits per heavy atom. The van der Waals surface area contributed by atoms with Gasteiger partial charge in [-0.25, -0.2) is 15.0 Å². The number of rotatable bonds is 7. The Labute approximate surface area is 155 Å². The van der Waals surface area contributed by atoms with Crippen molar-refractivity contribution in [3.05, 3.63) is 47.9 Å². The Kier molecular flexibility index (Phi) is 4.73. The molecule has 3 heterocycles. The van der Waals surface area contributed by atoms with Crippen LogP contribution in [0.1, 0.15) is 40.8 Å². The molecule has 0 aliphatic heterocycles. The van der Waals surface area contributed by atoms with E-state index in [0.717, 1.165) is 24.1 Å². The number of H-pyrrole nitrogens is 1. The van der Waals surface area contributed by atoms with E-state index in [4.69, 9.17) is 4.74 Å². The largest absolute Gasteiger partial charge is 0.479 e. The summed E-state index contributed by atoms with van der Waals surface area (Å²) in [7, 11) is 1.48. The summed E-state index contributed by atoms with van der Waals surface area (Å²) in [6.07, 6.45) is 7.77. The number of amides is 1. The molecule has 3 aromatic rings. The molecule has 1 fully saturated rings. The lowest BCUT2D eigenvalue weighted by atomic mass is 10.3. The second kappa shape index (κ2) is 7.48. The van der Waals surface area contributed by atoms with Crippen LogP contribution in [0, 0.1) is 0 Å². The van der Waals surface area contributed by atoms with Crippen molar-refractivity contribution >= 4 is 5.91 Å². The van der Waals surface area contributed by atoms with Gasteiger partial charge in [-0.05, 0) is 25.0 Å². The highest BCUT2D eigenvalue weighted by atomic mass is 16.5. The van der Waals surface area contributed by atoms with Crippen LogP contribution >= 0.6 is 0 Å². The number of methoxy groups -OCH3 is 1. The summed E-state index contributed by atoms with van der Waals surface area (Å²) in [4.78, 5) is 29.6. The van der Waals surface area contributed by atoms with Gasteiger partial charge < -0.3 is 10.1 Å². The molecule has 1 amide bonds. The van der Waals surface area contributed by atoms with Crippen LogP contribution in [0.25, 0.3) is 11.4 Å². The van der Waals surface area contributed by atoms with E-state index in [-0.39, 0.29) is 17.5 Å². The lowest BCUT2D eigenvalue weighted by molar-refractivity contribution is 0.0944. The minimum Gasteiger partial charge on any atom is -0.479 e. The summed E-state index contributed by atoms with van der Waals surface area (Å²) >= 11 is 0. The summed E-state index contributed by atoms with van der Waals surface area (Å²) in [6.45, 7) is 0.388. The fourth-order valence-electron chi connectivity index (χ4n) is 2.67. The SMILES string of the molecule is COc1ncc(C2CC2)nc1C(=O)NCCc1nc(-c2cccnc2)n[nH]1. The maximum atomic E-state index is 12.5. The monoisotopic (exact) mass is 365 g/mol. The quantitative estimate of drug-likeness (QED) is 0.651. The number of nitrogens with zero attached hydrogens (tertiary/aromatic N) is 5. The Bertz CT molecular complexity index is 938. The maximum Gasteiger partial charge on any atom is 0.275 e. The molecule has 1 aliphatic carbocycles. The van der Waals surface area contributed by atoms with Crippen molar-refractivity contribution in [2.24, 2.45) is 0 Å². The fourth-order valence-corrected chi connectivity index (χ4v) is 2.67. The number of carbonyl (C=O) groups excluding carboxylic acids is 1. The highest BCUT2D eigenvalue weighted by Gasteiger charge is 2.27. The zero-order valence-corrected chi connectivity index (χ0v) is 14.8. The molecular formula is C18H19N7O2. The van der Waals surface area contributed by atoms with Crippen LogP contribution in [0.3, 0.4) is 0 Å². The highest BCUT2D eigenvalue weighted by molar-refractivity contribution is 5.94. The van der Waals surface area contributed by atoms with Crippen molar-refractivity contribution in [2.45, 2.75) is 25.2 Å². The van der Waals surface area contributed by atoms with E-state index in [9.17, 15) is 4.79 Å². The van der Waals surface area contributed by atoms with E-state index in [1.165, 1.54) is 7.11 Å². The number of hydrogen-bond acceptors (Lipinski definition) is 7. The molecule has 0 spiro atoms. The van der Waals surface area contributed by atoms with Gasteiger partial charge in [-0.1, -0.05) is 0 Å². The van der Waals surface area contributed by atoms with Gasteiger partial charge in [0.25, 0.3) is 5.91 Å². The average Bonchev–Trinajstić information content (AvgIpc) is 3.46. The van der Waals surface area contributed by atoms with Crippen LogP contribution in [-0.4, -0.2) is 49.7 Å². The molecule has 9 nitrogen and oxygen atoms in total. The summed E-state index contributed by atoms with van der Waals surface area (Å²) in [5.74, 6) is 1.59. The molecule has 0 saturated heterocycles. The molecule has 0 atom stereocenters. The predicted molar refractivity (Wildman–Crippen MR) is 96.2 cm³/mol. The first kappa shape index (κ1) is 17.1. The number of nitrogens with one attached hydrogen (secondary N) is 2. The molecular weight excluding hydrogens is 346 g/mol. The van der Waals surface area contributed by atoms with Crippen molar-refractivity contribution < 1.29 is 9.53 Å². The number of hydrogen-bond donors (Lipinski definition) is 2. The Morgan fingerprint density at radius 2 is 2.22 bits per heavy atom. The molecule has 0 unspecified atom stereocenters. The number of ether oxygens (including phenoxy) is 1. The molecule has 9 heteroatoms. The van der Waals surface area contributed by atoms with Gasteiger partial charge >= 0.3 is 0 Å².